The van der Waals surface area contributed by atoms with Gasteiger partial charge in [-0.05, 0) is 30.9 Å². The standard InChI is InChI=1S/C14H18F2N2O/c1-8-4-2-3-5-12(8)18-14(19)9-6-10(15)13(17)11(16)7-9/h6-8,12H,2-5,17H2,1H3,(H,18,19). The van der Waals surface area contributed by atoms with Crippen LogP contribution in [0.2, 0.25) is 0 Å². The van der Waals surface area contributed by atoms with Crippen LogP contribution in [-0.4, -0.2) is 11.9 Å². The number of amides is 1. The fourth-order valence-electron chi connectivity index (χ4n) is 2.50. The lowest BCUT2D eigenvalue weighted by Gasteiger charge is -2.29. The van der Waals surface area contributed by atoms with Gasteiger partial charge in [-0.15, -0.1) is 0 Å². The van der Waals surface area contributed by atoms with Crippen molar-refractivity contribution in [1.29, 1.82) is 0 Å². The molecule has 0 aromatic heterocycles. The van der Waals surface area contributed by atoms with Gasteiger partial charge in [-0.25, -0.2) is 8.78 Å². The summed E-state index contributed by atoms with van der Waals surface area (Å²) >= 11 is 0. The van der Waals surface area contributed by atoms with E-state index in [2.05, 4.69) is 12.2 Å². The van der Waals surface area contributed by atoms with Crippen molar-refractivity contribution in [2.45, 2.75) is 38.6 Å². The fraction of sp³-hybridized carbons (Fsp3) is 0.500. The highest BCUT2D eigenvalue weighted by Crippen LogP contribution is 2.24. The molecular weight excluding hydrogens is 250 g/mol. The SMILES string of the molecule is CC1CCCCC1NC(=O)c1cc(F)c(N)c(F)c1. The van der Waals surface area contributed by atoms with Crippen LogP contribution in [0.1, 0.15) is 43.0 Å². The van der Waals surface area contributed by atoms with Crippen LogP contribution in [0.15, 0.2) is 12.1 Å². The van der Waals surface area contributed by atoms with Gasteiger partial charge in [0.25, 0.3) is 5.91 Å². The van der Waals surface area contributed by atoms with Gasteiger partial charge in [0.05, 0.1) is 0 Å². The van der Waals surface area contributed by atoms with E-state index in [1.807, 2.05) is 0 Å². The first-order valence-electron chi connectivity index (χ1n) is 6.54. The summed E-state index contributed by atoms with van der Waals surface area (Å²) in [6.07, 6.45) is 4.21. The Morgan fingerprint density at radius 3 is 2.42 bits per heavy atom. The first-order chi connectivity index (χ1) is 8.99. The smallest absolute Gasteiger partial charge is 0.251 e. The van der Waals surface area contributed by atoms with Gasteiger partial charge in [-0.2, -0.15) is 0 Å². The van der Waals surface area contributed by atoms with E-state index in [0.29, 0.717) is 5.92 Å². The molecule has 0 bridgehead atoms. The summed E-state index contributed by atoms with van der Waals surface area (Å²) in [6.45, 7) is 2.08. The quantitative estimate of drug-likeness (QED) is 0.810. The van der Waals surface area contributed by atoms with Crippen molar-refractivity contribution in [1.82, 2.24) is 5.32 Å². The number of benzene rings is 1. The molecule has 0 radical (unpaired) electrons. The Balaban J connectivity index is 2.11. The fourth-order valence-corrected chi connectivity index (χ4v) is 2.50. The predicted molar refractivity (Wildman–Crippen MR) is 69.7 cm³/mol. The summed E-state index contributed by atoms with van der Waals surface area (Å²) in [4.78, 5) is 12.0. The molecule has 1 aliphatic rings. The summed E-state index contributed by atoms with van der Waals surface area (Å²) in [6, 6.07) is 2.02. The van der Waals surface area contributed by atoms with Crippen molar-refractivity contribution >= 4 is 11.6 Å². The van der Waals surface area contributed by atoms with Gasteiger partial charge in [0, 0.05) is 11.6 Å². The van der Waals surface area contributed by atoms with Crippen LogP contribution in [0.5, 0.6) is 0 Å². The zero-order chi connectivity index (χ0) is 14.0. The minimum absolute atomic E-state index is 0.0260. The lowest BCUT2D eigenvalue weighted by molar-refractivity contribution is 0.0909. The number of nitrogens with two attached hydrogens (primary N) is 1. The number of carbonyl (C=O) groups is 1. The van der Waals surface area contributed by atoms with Crippen molar-refractivity contribution in [3.8, 4) is 0 Å². The van der Waals surface area contributed by atoms with E-state index in [0.717, 1.165) is 31.4 Å². The maximum Gasteiger partial charge on any atom is 0.251 e. The highest BCUT2D eigenvalue weighted by atomic mass is 19.1. The maximum absolute atomic E-state index is 13.3. The summed E-state index contributed by atoms with van der Waals surface area (Å²) in [5.74, 6) is -1.86. The number of nitrogens with one attached hydrogen (secondary N) is 1. The second kappa shape index (κ2) is 5.55. The molecule has 3 nitrogen and oxygen atoms in total. The second-order valence-corrected chi connectivity index (χ2v) is 5.20. The van der Waals surface area contributed by atoms with Crippen LogP contribution in [0, 0.1) is 17.6 Å². The van der Waals surface area contributed by atoms with Crippen LogP contribution >= 0.6 is 0 Å². The number of nitrogen functional groups attached to an aromatic ring is 1. The predicted octanol–water partition coefficient (Wildman–Crippen LogP) is 2.86. The Hall–Kier alpha value is -1.65. The third-order valence-corrected chi connectivity index (χ3v) is 3.77. The molecule has 1 aromatic rings. The second-order valence-electron chi connectivity index (χ2n) is 5.20. The largest absolute Gasteiger partial charge is 0.394 e. The topological polar surface area (TPSA) is 55.1 Å². The van der Waals surface area contributed by atoms with Gasteiger partial charge < -0.3 is 11.1 Å². The van der Waals surface area contributed by atoms with Crippen LogP contribution in [0.4, 0.5) is 14.5 Å². The molecule has 0 aliphatic heterocycles. The van der Waals surface area contributed by atoms with Crippen molar-refractivity contribution < 1.29 is 13.6 Å². The molecular formula is C14H18F2N2O. The van der Waals surface area contributed by atoms with Crippen LogP contribution < -0.4 is 11.1 Å². The Morgan fingerprint density at radius 2 is 1.84 bits per heavy atom. The number of anilines is 1. The summed E-state index contributed by atoms with van der Waals surface area (Å²) in [5, 5.41) is 2.85. The minimum Gasteiger partial charge on any atom is -0.394 e. The van der Waals surface area contributed by atoms with Crippen molar-refractivity contribution in [3.05, 3.63) is 29.3 Å². The average molecular weight is 268 g/mol. The first-order valence-corrected chi connectivity index (χ1v) is 6.54. The zero-order valence-corrected chi connectivity index (χ0v) is 10.9. The number of halogens is 2. The Labute approximate surface area is 111 Å². The maximum atomic E-state index is 13.3. The molecule has 1 aromatic carbocycles. The third kappa shape index (κ3) is 3.03. The van der Waals surface area contributed by atoms with Crippen LogP contribution in [0.25, 0.3) is 0 Å². The summed E-state index contributed by atoms with van der Waals surface area (Å²) in [7, 11) is 0. The molecule has 2 rings (SSSR count). The number of carbonyl (C=O) groups excluding carboxylic acids is 1. The van der Waals surface area contributed by atoms with Crippen molar-refractivity contribution in [2.75, 3.05) is 5.73 Å². The minimum atomic E-state index is -0.901. The number of hydrogen-bond donors (Lipinski definition) is 2. The van der Waals surface area contributed by atoms with Gasteiger partial charge >= 0.3 is 0 Å². The summed E-state index contributed by atoms with van der Waals surface area (Å²) < 4.78 is 26.6. The molecule has 0 heterocycles. The monoisotopic (exact) mass is 268 g/mol. The van der Waals surface area contributed by atoms with E-state index >= 15 is 0 Å². The van der Waals surface area contributed by atoms with Gasteiger partial charge in [-0.3, -0.25) is 4.79 Å². The van der Waals surface area contributed by atoms with E-state index in [-0.39, 0.29) is 11.6 Å². The zero-order valence-electron chi connectivity index (χ0n) is 10.9. The Bertz CT molecular complexity index is 467. The molecule has 5 heteroatoms. The Kier molecular flexibility index (Phi) is 4.02. The van der Waals surface area contributed by atoms with E-state index in [1.54, 1.807) is 0 Å². The number of hydrogen-bond acceptors (Lipinski definition) is 2. The molecule has 1 aliphatic carbocycles. The molecule has 2 atom stereocenters. The molecule has 104 valence electrons. The molecule has 1 saturated carbocycles. The molecule has 0 spiro atoms. The molecule has 0 saturated heterocycles. The van der Waals surface area contributed by atoms with Gasteiger partial charge in [0.15, 0.2) is 0 Å². The van der Waals surface area contributed by atoms with E-state index in [4.69, 9.17) is 5.73 Å². The van der Waals surface area contributed by atoms with Gasteiger partial charge in [-0.1, -0.05) is 19.8 Å². The third-order valence-electron chi connectivity index (χ3n) is 3.77. The lowest BCUT2D eigenvalue weighted by Crippen LogP contribution is -2.41. The van der Waals surface area contributed by atoms with Gasteiger partial charge in [0.2, 0.25) is 0 Å². The molecule has 19 heavy (non-hydrogen) atoms. The van der Waals surface area contributed by atoms with Crippen molar-refractivity contribution in [2.24, 2.45) is 5.92 Å². The molecule has 3 N–H and O–H groups in total. The summed E-state index contributed by atoms with van der Waals surface area (Å²) in [5.41, 5.74) is 4.60. The van der Waals surface area contributed by atoms with Gasteiger partial charge in [0.1, 0.15) is 17.3 Å². The average Bonchev–Trinajstić information content (AvgIpc) is 2.38. The normalized spacial score (nSPS) is 23.1. The first kappa shape index (κ1) is 13.8. The molecule has 1 fully saturated rings. The molecule has 1 amide bonds. The van der Waals surface area contributed by atoms with E-state index in [9.17, 15) is 13.6 Å². The van der Waals surface area contributed by atoms with Crippen LogP contribution in [-0.2, 0) is 0 Å². The Morgan fingerprint density at radius 1 is 1.26 bits per heavy atom. The van der Waals surface area contributed by atoms with Crippen molar-refractivity contribution in [3.63, 3.8) is 0 Å². The highest BCUT2D eigenvalue weighted by molar-refractivity contribution is 5.94. The van der Waals surface area contributed by atoms with Crippen LogP contribution in [0.3, 0.4) is 0 Å². The van der Waals surface area contributed by atoms with E-state index < -0.39 is 23.2 Å². The lowest BCUT2D eigenvalue weighted by atomic mass is 9.86. The molecule has 2 unspecified atom stereocenters. The van der Waals surface area contributed by atoms with E-state index in [1.165, 1.54) is 6.42 Å². The highest BCUT2D eigenvalue weighted by Gasteiger charge is 2.24. The number of rotatable bonds is 2.